The molecular weight excluding hydrogens is 460 g/mol. The van der Waals surface area contributed by atoms with E-state index in [-0.39, 0.29) is 17.9 Å². The summed E-state index contributed by atoms with van der Waals surface area (Å²) in [7, 11) is 0. The van der Waals surface area contributed by atoms with Crippen LogP contribution in [0.5, 0.6) is 0 Å². The Balaban J connectivity index is 1.46. The fourth-order valence-corrected chi connectivity index (χ4v) is 7.27. The standard InChI is InChI=1S/C27H38N4O3S/c1-18-7-9-20(10-8-18)26(32)31(22-13-11-21(12-14-22)30-17-28-16-29-30)23-15-24(35-25(23)27(33)34)19-5-3-2-4-6-19/h5,15-18,20-22,27,33-34H,2-4,6-14H2,1H3. The molecule has 0 radical (unpaired) electrons. The molecule has 2 saturated carbocycles. The SMILES string of the molecule is CC1CCC(C(=O)N(c2cc(C3=CCCCC3)sc2C(O)O)C2CCC(n3cncn3)CC2)CC1. The van der Waals surface area contributed by atoms with Gasteiger partial charge in [-0.15, -0.1) is 11.3 Å². The maximum absolute atomic E-state index is 14.1. The lowest BCUT2D eigenvalue weighted by atomic mass is 9.81. The van der Waals surface area contributed by atoms with Crippen LogP contribution < -0.4 is 4.90 Å². The lowest BCUT2D eigenvalue weighted by Crippen LogP contribution is -2.46. The number of carbonyl (C=O) groups excluding carboxylic acids is 1. The van der Waals surface area contributed by atoms with E-state index in [4.69, 9.17) is 0 Å². The average Bonchev–Trinajstić information content (AvgIpc) is 3.57. The average molecular weight is 499 g/mol. The first kappa shape index (κ1) is 24.7. The number of carbonyl (C=O) groups is 1. The zero-order chi connectivity index (χ0) is 24.4. The van der Waals surface area contributed by atoms with E-state index in [1.165, 1.54) is 23.3 Å². The minimum absolute atomic E-state index is 0.0140. The van der Waals surface area contributed by atoms with Gasteiger partial charge in [-0.25, -0.2) is 9.67 Å². The first-order valence-corrected chi connectivity index (χ1v) is 14.2. The molecule has 0 aliphatic heterocycles. The number of anilines is 1. The van der Waals surface area contributed by atoms with Crippen molar-refractivity contribution >= 4 is 28.5 Å². The molecule has 0 saturated heterocycles. The maximum atomic E-state index is 14.1. The number of aliphatic hydroxyl groups excluding tert-OH is 1. The van der Waals surface area contributed by atoms with Gasteiger partial charge in [0.1, 0.15) is 12.7 Å². The predicted molar refractivity (Wildman–Crippen MR) is 138 cm³/mol. The Morgan fingerprint density at radius 1 is 1.11 bits per heavy atom. The lowest BCUT2D eigenvalue weighted by molar-refractivity contribution is -0.124. The highest BCUT2D eigenvalue weighted by Gasteiger charge is 2.37. The molecule has 2 aromatic heterocycles. The van der Waals surface area contributed by atoms with Gasteiger partial charge in [0, 0.05) is 16.8 Å². The van der Waals surface area contributed by atoms with Crippen molar-refractivity contribution in [2.45, 2.75) is 102 Å². The van der Waals surface area contributed by atoms with E-state index in [0.29, 0.717) is 16.8 Å². The van der Waals surface area contributed by atoms with Crippen molar-refractivity contribution in [2.24, 2.45) is 11.8 Å². The molecule has 3 aliphatic rings. The molecule has 1 amide bonds. The van der Waals surface area contributed by atoms with E-state index in [1.807, 2.05) is 9.58 Å². The van der Waals surface area contributed by atoms with Crippen molar-refractivity contribution in [3.63, 3.8) is 0 Å². The fourth-order valence-electron chi connectivity index (χ4n) is 6.17. The van der Waals surface area contributed by atoms with Crippen LogP contribution >= 0.6 is 11.3 Å². The summed E-state index contributed by atoms with van der Waals surface area (Å²) in [4.78, 5) is 21.8. The normalized spacial score (nSPS) is 27.6. The van der Waals surface area contributed by atoms with Crippen LogP contribution in [0.2, 0.25) is 0 Å². The Labute approximate surface area is 211 Å². The first-order chi connectivity index (χ1) is 17.0. The molecule has 0 spiro atoms. The molecule has 190 valence electrons. The number of amides is 1. The molecule has 5 rings (SSSR count). The summed E-state index contributed by atoms with van der Waals surface area (Å²) in [5.74, 6) is 0.858. The molecule has 2 heterocycles. The number of allylic oxidation sites excluding steroid dienone is 2. The summed E-state index contributed by atoms with van der Waals surface area (Å²) in [5.41, 5.74) is 2.00. The van der Waals surface area contributed by atoms with E-state index in [0.717, 1.165) is 81.2 Å². The molecule has 8 heteroatoms. The third kappa shape index (κ3) is 5.39. The maximum Gasteiger partial charge on any atom is 0.230 e. The van der Waals surface area contributed by atoms with Crippen molar-refractivity contribution in [3.8, 4) is 0 Å². The van der Waals surface area contributed by atoms with Gasteiger partial charge in [0.2, 0.25) is 5.91 Å². The van der Waals surface area contributed by atoms with Crippen LogP contribution in [0, 0.1) is 11.8 Å². The van der Waals surface area contributed by atoms with E-state index in [9.17, 15) is 15.0 Å². The van der Waals surface area contributed by atoms with Crippen LogP contribution in [0.3, 0.4) is 0 Å². The van der Waals surface area contributed by atoms with Gasteiger partial charge in [-0.3, -0.25) is 4.79 Å². The monoisotopic (exact) mass is 498 g/mol. The van der Waals surface area contributed by atoms with Crippen molar-refractivity contribution in [3.05, 3.63) is 34.6 Å². The van der Waals surface area contributed by atoms with Crippen LogP contribution in [0.15, 0.2) is 24.8 Å². The molecule has 0 unspecified atom stereocenters. The van der Waals surface area contributed by atoms with Crippen molar-refractivity contribution in [2.75, 3.05) is 4.90 Å². The van der Waals surface area contributed by atoms with E-state index >= 15 is 0 Å². The van der Waals surface area contributed by atoms with Gasteiger partial charge < -0.3 is 15.1 Å². The van der Waals surface area contributed by atoms with Gasteiger partial charge in [-0.1, -0.05) is 13.0 Å². The molecule has 2 aromatic rings. The number of aliphatic hydroxyl groups is 2. The molecule has 0 atom stereocenters. The smallest absolute Gasteiger partial charge is 0.230 e. The minimum Gasteiger partial charge on any atom is -0.364 e. The Hall–Kier alpha value is -2.03. The fraction of sp³-hybridized carbons (Fsp3) is 0.667. The third-order valence-corrected chi connectivity index (χ3v) is 9.53. The number of thiophene rings is 1. The predicted octanol–water partition coefficient (Wildman–Crippen LogP) is 5.62. The van der Waals surface area contributed by atoms with Crippen LogP contribution in [-0.4, -0.2) is 36.9 Å². The second-order valence-electron chi connectivity index (χ2n) is 10.7. The number of nitrogens with zero attached hydrogens (tertiary/aromatic N) is 4. The van der Waals surface area contributed by atoms with Crippen molar-refractivity contribution in [1.82, 2.24) is 14.8 Å². The van der Waals surface area contributed by atoms with Gasteiger partial charge in [0.15, 0.2) is 6.29 Å². The zero-order valence-electron chi connectivity index (χ0n) is 20.7. The lowest BCUT2D eigenvalue weighted by Gasteiger charge is -2.39. The van der Waals surface area contributed by atoms with Gasteiger partial charge in [-0.2, -0.15) is 5.10 Å². The summed E-state index contributed by atoms with van der Waals surface area (Å²) < 4.78 is 1.94. The molecule has 0 aromatic carbocycles. The van der Waals surface area contributed by atoms with E-state index in [1.54, 1.807) is 12.7 Å². The number of aromatic nitrogens is 3. The van der Waals surface area contributed by atoms with Crippen molar-refractivity contribution < 1.29 is 15.0 Å². The van der Waals surface area contributed by atoms with Crippen LogP contribution in [0.4, 0.5) is 5.69 Å². The van der Waals surface area contributed by atoms with Gasteiger partial charge in [0.05, 0.1) is 16.6 Å². The Morgan fingerprint density at radius 2 is 1.89 bits per heavy atom. The van der Waals surface area contributed by atoms with E-state index < -0.39 is 6.29 Å². The molecule has 3 aliphatic carbocycles. The second kappa shape index (κ2) is 10.9. The van der Waals surface area contributed by atoms with Gasteiger partial charge >= 0.3 is 0 Å². The molecule has 2 fully saturated rings. The highest BCUT2D eigenvalue weighted by Crippen LogP contribution is 2.44. The highest BCUT2D eigenvalue weighted by atomic mass is 32.1. The van der Waals surface area contributed by atoms with Crippen LogP contribution in [-0.2, 0) is 4.79 Å². The third-order valence-electron chi connectivity index (χ3n) is 8.29. The summed E-state index contributed by atoms with van der Waals surface area (Å²) in [5, 5.41) is 25.0. The van der Waals surface area contributed by atoms with Gasteiger partial charge in [0.25, 0.3) is 0 Å². The molecule has 7 nitrogen and oxygen atoms in total. The number of hydrogen-bond acceptors (Lipinski definition) is 6. The summed E-state index contributed by atoms with van der Waals surface area (Å²) in [6.07, 6.45) is 16.1. The Bertz CT molecular complexity index is 1020. The summed E-state index contributed by atoms with van der Waals surface area (Å²) >= 11 is 1.44. The Morgan fingerprint density at radius 3 is 2.51 bits per heavy atom. The van der Waals surface area contributed by atoms with Crippen molar-refractivity contribution in [1.29, 1.82) is 0 Å². The van der Waals surface area contributed by atoms with Gasteiger partial charge in [-0.05, 0) is 94.6 Å². The molecule has 35 heavy (non-hydrogen) atoms. The molecule has 0 bridgehead atoms. The van der Waals surface area contributed by atoms with Crippen LogP contribution in [0.25, 0.3) is 5.57 Å². The summed E-state index contributed by atoms with van der Waals surface area (Å²) in [6, 6.07) is 2.43. The largest absolute Gasteiger partial charge is 0.364 e. The van der Waals surface area contributed by atoms with E-state index in [2.05, 4.69) is 29.1 Å². The zero-order valence-corrected chi connectivity index (χ0v) is 21.5. The topological polar surface area (TPSA) is 91.5 Å². The van der Waals surface area contributed by atoms with Crippen LogP contribution in [0.1, 0.15) is 106 Å². The number of rotatable bonds is 6. The Kier molecular flexibility index (Phi) is 7.70. The first-order valence-electron chi connectivity index (χ1n) is 13.4. The number of hydrogen-bond donors (Lipinski definition) is 2. The summed E-state index contributed by atoms with van der Waals surface area (Å²) in [6.45, 7) is 2.27. The highest BCUT2D eigenvalue weighted by molar-refractivity contribution is 7.13. The minimum atomic E-state index is -1.58. The quantitative estimate of drug-likeness (QED) is 0.504. The molecular formula is C27H38N4O3S. The molecule has 2 N–H and O–H groups in total. The second-order valence-corrected chi connectivity index (χ2v) is 11.8.